The molecule has 0 bridgehead atoms. The fourth-order valence-electron chi connectivity index (χ4n) is 3.51. The molecule has 1 N–H and O–H groups in total. The first-order valence-electron chi connectivity index (χ1n) is 7.55. The molecule has 0 aliphatic carbocycles. The van der Waals surface area contributed by atoms with Crippen molar-refractivity contribution in [2.24, 2.45) is 0 Å². The standard InChI is InChI=1S/C15H18ClN3O3/c16-10-4-5-11(14(9-10)19(21)22)15(20)17-12-6-8-18-7-2-1-3-13(12)18/h4-5,9,12-13H,1-3,6-8H2,(H,17,20)/t12-,13+/m0/s1. The molecule has 2 saturated heterocycles. The van der Waals surface area contributed by atoms with E-state index >= 15 is 0 Å². The van der Waals surface area contributed by atoms with Crippen LogP contribution in [0.3, 0.4) is 0 Å². The maximum atomic E-state index is 12.4. The lowest BCUT2D eigenvalue weighted by atomic mass is 9.98. The van der Waals surface area contributed by atoms with Gasteiger partial charge in [-0.25, -0.2) is 0 Å². The molecule has 1 aromatic rings. The SMILES string of the molecule is O=C(N[C@H]1CCN2CCCC[C@H]12)c1ccc(Cl)cc1[N+](=O)[O-]. The zero-order valence-corrected chi connectivity index (χ0v) is 12.9. The topological polar surface area (TPSA) is 75.5 Å². The molecule has 0 radical (unpaired) electrons. The number of halogens is 1. The largest absolute Gasteiger partial charge is 0.347 e. The van der Waals surface area contributed by atoms with Crippen LogP contribution in [0.25, 0.3) is 0 Å². The molecule has 1 amide bonds. The summed E-state index contributed by atoms with van der Waals surface area (Å²) in [6.07, 6.45) is 4.36. The van der Waals surface area contributed by atoms with Crippen molar-refractivity contribution in [3.8, 4) is 0 Å². The fourth-order valence-corrected chi connectivity index (χ4v) is 3.68. The predicted octanol–water partition coefficient (Wildman–Crippen LogP) is 2.60. The molecule has 118 valence electrons. The van der Waals surface area contributed by atoms with E-state index in [1.165, 1.54) is 31.0 Å². The van der Waals surface area contributed by atoms with Gasteiger partial charge in [0.2, 0.25) is 0 Å². The van der Waals surface area contributed by atoms with E-state index in [9.17, 15) is 14.9 Å². The summed E-state index contributed by atoms with van der Waals surface area (Å²) in [5.41, 5.74) is -0.174. The van der Waals surface area contributed by atoms with Crippen LogP contribution in [0, 0.1) is 10.1 Å². The van der Waals surface area contributed by atoms with Crippen LogP contribution in [-0.2, 0) is 0 Å². The van der Waals surface area contributed by atoms with Crippen molar-refractivity contribution in [2.75, 3.05) is 13.1 Å². The number of amides is 1. The van der Waals surface area contributed by atoms with Crippen molar-refractivity contribution in [2.45, 2.75) is 37.8 Å². The molecule has 1 aromatic carbocycles. The fraction of sp³-hybridized carbons (Fsp3) is 0.533. The average molecular weight is 324 g/mol. The number of nitro benzene ring substituents is 1. The second kappa shape index (κ2) is 6.22. The summed E-state index contributed by atoms with van der Waals surface area (Å²) in [5.74, 6) is -0.388. The molecule has 0 spiro atoms. The van der Waals surface area contributed by atoms with Crippen molar-refractivity contribution >= 4 is 23.2 Å². The first-order valence-corrected chi connectivity index (χ1v) is 7.93. The highest BCUT2D eigenvalue weighted by Gasteiger charge is 2.37. The van der Waals surface area contributed by atoms with E-state index in [2.05, 4.69) is 10.2 Å². The van der Waals surface area contributed by atoms with Crippen LogP contribution in [0.1, 0.15) is 36.0 Å². The molecule has 2 aliphatic heterocycles. The predicted molar refractivity (Wildman–Crippen MR) is 83.2 cm³/mol. The third-order valence-corrected chi connectivity index (χ3v) is 4.81. The maximum Gasteiger partial charge on any atom is 0.283 e. The summed E-state index contributed by atoms with van der Waals surface area (Å²) in [6.45, 7) is 2.07. The van der Waals surface area contributed by atoms with Crippen LogP contribution >= 0.6 is 11.6 Å². The molecule has 3 rings (SSSR count). The molecule has 22 heavy (non-hydrogen) atoms. The molecule has 2 fully saturated rings. The Morgan fingerprint density at radius 1 is 1.32 bits per heavy atom. The molecule has 6 nitrogen and oxygen atoms in total. The van der Waals surface area contributed by atoms with Gasteiger partial charge in [0, 0.05) is 29.7 Å². The molecule has 2 aliphatic rings. The third-order valence-electron chi connectivity index (χ3n) is 4.57. The van der Waals surface area contributed by atoms with Gasteiger partial charge in [0.1, 0.15) is 5.56 Å². The van der Waals surface area contributed by atoms with Crippen LogP contribution in [0.2, 0.25) is 5.02 Å². The lowest BCUT2D eigenvalue weighted by molar-refractivity contribution is -0.385. The zero-order chi connectivity index (χ0) is 15.7. The average Bonchev–Trinajstić information content (AvgIpc) is 2.90. The number of nitrogens with zero attached hydrogens (tertiary/aromatic N) is 2. The van der Waals surface area contributed by atoms with Crippen molar-refractivity contribution in [3.05, 3.63) is 38.9 Å². The van der Waals surface area contributed by atoms with Crippen LogP contribution in [-0.4, -0.2) is 40.9 Å². The van der Waals surface area contributed by atoms with Crippen LogP contribution in [0.5, 0.6) is 0 Å². The van der Waals surface area contributed by atoms with Gasteiger partial charge >= 0.3 is 0 Å². The summed E-state index contributed by atoms with van der Waals surface area (Å²) in [7, 11) is 0. The monoisotopic (exact) mass is 323 g/mol. The zero-order valence-electron chi connectivity index (χ0n) is 12.1. The second-order valence-corrected chi connectivity index (χ2v) is 6.32. The van der Waals surface area contributed by atoms with E-state index in [4.69, 9.17) is 11.6 Å². The van der Waals surface area contributed by atoms with Gasteiger partial charge in [0.05, 0.1) is 4.92 Å². The number of carbonyl (C=O) groups excluding carboxylic acids is 1. The van der Waals surface area contributed by atoms with E-state index in [1.807, 2.05) is 0 Å². The Labute approximate surface area is 133 Å². The first kappa shape index (κ1) is 15.2. The first-order chi connectivity index (χ1) is 10.6. The van der Waals surface area contributed by atoms with Crippen LogP contribution < -0.4 is 5.32 Å². The molecule has 0 unspecified atom stereocenters. The van der Waals surface area contributed by atoms with E-state index in [0.717, 1.165) is 25.9 Å². The Balaban J connectivity index is 1.76. The van der Waals surface area contributed by atoms with Crippen LogP contribution in [0.4, 0.5) is 5.69 Å². The van der Waals surface area contributed by atoms with Gasteiger partial charge in [-0.3, -0.25) is 19.8 Å². The molecule has 2 heterocycles. The van der Waals surface area contributed by atoms with E-state index < -0.39 is 4.92 Å². The number of hydrogen-bond acceptors (Lipinski definition) is 4. The normalized spacial score (nSPS) is 24.8. The highest BCUT2D eigenvalue weighted by molar-refractivity contribution is 6.31. The van der Waals surface area contributed by atoms with Gasteiger partial charge in [0.25, 0.3) is 11.6 Å². The highest BCUT2D eigenvalue weighted by Crippen LogP contribution is 2.28. The Morgan fingerprint density at radius 3 is 2.91 bits per heavy atom. The van der Waals surface area contributed by atoms with Crippen molar-refractivity contribution in [1.29, 1.82) is 0 Å². The molecular formula is C15H18ClN3O3. The Kier molecular flexibility index (Phi) is 4.31. The molecular weight excluding hydrogens is 306 g/mol. The summed E-state index contributed by atoms with van der Waals surface area (Å²) in [4.78, 5) is 25.4. The minimum Gasteiger partial charge on any atom is -0.347 e. The van der Waals surface area contributed by atoms with Gasteiger partial charge in [-0.1, -0.05) is 18.0 Å². The summed E-state index contributed by atoms with van der Waals surface area (Å²) in [6, 6.07) is 4.58. The van der Waals surface area contributed by atoms with Gasteiger partial charge in [-0.15, -0.1) is 0 Å². The van der Waals surface area contributed by atoms with Crippen molar-refractivity contribution in [3.63, 3.8) is 0 Å². The van der Waals surface area contributed by atoms with Gasteiger partial charge in [-0.05, 0) is 37.9 Å². The van der Waals surface area contributed by atoms with E-state index in [0.29, 0.717) is 6.04 Å². The second-order valence-electron chi connectivity index (χ2n) is 5.89. The number of hydrogen-bond donors (Lipinski definition) is 1. The van der Waals surface area contributed by atoms with Crippen LogP contribution in [0.15, 0.2) is 18.2 Å². The van der Waals surface area contributed by atoms with E-state index in [1.54, 1.807) is 0 Å². The summed E-state index contributed by atoms with van der Waals surface area (Å²) < 4.78 is 0. The smallest absolute Gasteiger partial charge is 0.283 e. The lowest BCUT2D eigenvalue weighted by Gasteiger charge is -2.32. The quantitative estimate of drug-likeness (QED) is 0.685. The van der Waals surface area contributed by atoms with Gasteiger partial charge in [-0.2, -0.15) is 0 Å². The Bertz CT molecular complexity index is 608. The van der Waals surface area contributed by atoms with E-state index in [-0.39, 0.29) is 28.2 Å². The number of benzene rings is 1. The Hall–Kier alpha value is -1.66. The van der Waals surface area contributed by atoms with Gasteiger partial charge in [0.15, 0.2) is 0 Å². The third kappa shape index (κ3) is 2.94. The molecule has 0 aromatic heterocycles. The molecule has 7 heteroatoms. The van der Waals surface area contributed by atoms with Crippen molar-refractivity contribution in [1.82, 2.24) is 10.2 Å². The number of nitrogens with one attached hydrogen (secondary N) is 1. The van der Waals surface area contributed by atoms with Crippen molar-refractivity contribution < 1.29 is 9.72 Å². The number of nitro groups is 1. The molecule has 0 saturated carbocycles. The number of rotatable bonds is 3. The summed E-state index contributed by atoms with van der Waals surface area (Å²) in [5, 5.41) is 14.3. The number of fused-ring (bicyclic) bond motifs is 1. The van der Waals surface area contributed by atoms with Gasteiger partial charge < -0.3 is 5.32 Å². The number of carbonyl (C=O) groups is 1. The molecule has 2 atom stereocenters. The highest BCUT2D eigenvalue weighted by atomic mass is 35.5. The number of piperidine rings is 1. The summed E-state index contributed by atoms with van der Waals surface area (Å²) >= 11 is 5.78. The minimum atomic E-state index is -0.567. The maximum absolute atomic E-state index is 12.4. The Morgan fingerprint density at radius 2 is 2.14 bits per heavy atom. The minimum absolute atomic E-state index is 0.0723. The lowest BCUT2D eigenvalue weighted by Crippen LogP contribution is -2.46.